The average molecular weight is 226 g/mol. The molecule has 0 unspecified atom stereocenters. The zero-order chi connectivity index (χ0) is 11.5. The molecule has 0 atom stereocenters. The van der Waals surface area contributed by atoms with Gasteiger partial charge in [0.25, 0.3) is 0 Å². The molecule has 2 aliphatic rings. The fourth-order valence-electron chi connectivity index (χ4n) is 2.28. The van der Waals surface area contributed by atoms with Gasteiger partial charge in [-0.25, -0.2) is 0 Å². The van der Waals surface area contributed by atoms with E-state index in [0.717, 1.165) is 25.9 Å². The van der Waals surface area contributed by atoms with Crippen LogP contribution < -0.4 is 10.6 Å². The lowest BCUT2D eigenvalue weighted by Crippen LogP contribution is -2.53. The molecule has 0 radical (unpaired) electrons. The number of hydrogen-bond acceptors (Lipinski definition) is 3. The maximum absolute atomic E-state index is 11.6. The molecule has 1 saturated carbocycles. The van der Waals surface area contributed by atoms with Gasteiger partial charge in [-0.15, -0.1) is 0 Å². The Morgan fingerprint density at radius 2 is 1.69 bits per heavy atom. The van der Waals surface area contributed by atoms with Crippen LogP contribution in [0.5, 0.6) is 0 Å². The Kier molecular flexibility index (Phi) is 3.43. The highest BCUT2D eigenvalue weighted by atomic mass is 16.4. The summed E-state index contributed by atoms with van der Waals surface area (Å²) in [6.07, 6.45) is 2.96. The van der Waals surface area contributed by atoms with Crippen LogP contribution in [0.15, 0.2) is 0 Å². The van der Waals surface area contributed by atoms with Crippen LogP contribution in [0.25, 0.3) is 0 Å². The SMILES string of the molecule is O=C(O)C1CCC(NC(=O)C2CNC2)CC1. The van der Waals surface area contributed by atoms with Crippen molar-refractivity contribution in [3.05, 3.63) is 0 Å². The van der Waals surface area contributed by atoms with Crippen LogP contribution in [0, 0.1) is 11.8 Å². The molecular formula is C11H18N2O3. The topological polar surface area (TPSA) is 78.4 Å². The van der Waals surface area contributed by atoms with E-state index in [1.54, 1.807) is 0 Å². The highest BCUT2D eigenvalue weighted by Gasteiger charge is 2.30. The number of carbonyl (C=O) groups excluding carboxylic acids is 1. The highest BCUT2D eigenvalue weighted by Crippen LogP contribution is 2.24. The van der Waals surface area contributed by atoms with Gasteiger partial charge in [-0.05, 0) is 25.7 Å². The molecule has 5 nitrogen and oxygen atoms in total. The third-order valence-corrected chi connectivity index (χ3v) is 3.58. The molecule has 3 N–H and O–H groups in total. The predicted octanol–water partition coefficient (Wildman–Crippen LogP) is -0.0346. The molecule has 16 heavy (non-hydrogen) atoms. The number of carboxylic acid groups (broad SMARTS) is 1. The van der Waals surface area contributed by atoms with Gasteiger partial charge in [0.05, 0.1) is 11.8 Å². The van der Waals surface area contributed by atoms with E-state index in [1.165, 1.54) is 0 Å². The van der Waals surface area contributed by atoms with Gasteiger partial charge in [0.1, 0.15) is 0 Å². The Labute approximate surface area is 94.6 Å². The van der Waals surface area contributed by atoms with Gasteiger partial charge in [-0.2, -0.15) is 0 Å². The van der Waals surface area contributed by atoms with Crippen molar-refractivity contribution in [2.45, 2.75) is 31.7 Å². The van der Waals surface area contributed by atoms with Gasteiger partial charge in [-0.1, -0.05) is 0 Å². The number of aliphatic carboxylic acids is 1. The van der Waals surface area contributed by atoms with E-state index in [0.29, 0.717) is 12.8 Å². The molecule has 2 rings (SSSR count). The average Bonchev–Trinajstić information content (AvgIpc) is 2.15. The number of carboxylic acids is 1. The van der Waals surface area contributed by atoms with Crippen molar-refractivity contribution < 1.29 is 14.7 Å². The van der Waals surface area contributed by atoms with Crippen molar-refractivity contribution >= 4 is 11.9 Å². The van der Waals surface area contributed by atoms with Crippen molar-refractivity contribution in [1.29, 1.82) is 0 Å². The van der Waals surface area contributed by atoms with Crippen LogP contribution in [-0.4, -0.2) is 36.1 Å². The van der Waals surface area contributed by atoms with Crippen molar-refractivity contribution in [3.63, 3.8) is 0 Å². The first kappa shape index (κ1) is 11.4. The summed E-state index contributed by atoms with van der Waals surface area (Å²) < 4.78 is 0. The lowest BCUT2D eigenvalue weighted by atomic mass is 9.86. The van der Waals surface area contributed by atoms with Gasteiger partial charge in [0, 0.05) is 19.1 Å². The molecule has 1 aliphatic heterocycles. The zero-order valence-electron chi connectivity index (χ0n) is 9.24. The number of hydrogen-bond donors (Lipinski definition) is 3. The van der Waals surface area contributed by atoms with Crippen LogP contribution in [0.4, 0.5) is 0 Å². The van der Waals surface area contributed by atoms with E-state index in [-0.39, 0.29) is 23.8 Å². The number of nitrogens with one attached hydrogen (secondary N) is 2. The maximum atomic E-state index is 11.6. The molecule has 90 valence electrons. The van der Waals surface area contributed by atoms with Crippen LogP contribution in [-0.2, 0) is 9.59 Å². The van der Waals surface area contributed by atoms with Crippen LogP contribution in [0.3, 0.4) is 0 Å². The Bertz CT molecular complexity index is 281. The van der Waals surface area contributed by atoms with E-state index >= 15 is 0 Å². The second kappa shape index (κ2) is 4.82. The highest BCUT2D eigenvalue weighted by molar-refractivity contribution is 5.80. The van der Waals surface area contributed by atoms with Gasteiger partial charge in [0.2, 0.25) is 5.91 Å². The molecule has 1 heterocycles. The summed E-state index contributed by atoms with van der Waals surface area (Å²) in [5.41, 5.74) is 0. The first-order valence-corrected chi connectivity index (χ1v) is 5.90. The Hall–Kier alpha value is -1.10. The zero-order valence-corrected chi connectivity index (χ0v) is 9.24. The van der Waals surface area contributed by atoms with Crippen LogP contribution in [0.2, 0.25) is 0 Å². The largest absolute Gasteiger partial charge is 0.481 e. The Morgan fingerprint density at radius 1 is 1.06 bits per heavy atom. The smallest absolute Gasteiger partial charge is 0.306 e. The van der Waals surface area contributed by atoms with E-state index in [1.807, 2.05) is 0 Å². The minimum atomic E-state index is -0.701. The molecule has 2 fully saturated rings. The molecule has 0 aromatic heterocycles. The fraction of sp³-hybridized carbons (Fsp3) is 0.818. The molecule has 5 heteroatoms. The Balaban J connectivity index is 1.72. The van der Waals surface area contributed by atoms with Crippen molar-refractivity contribution in [2.75, 3.05) is 13.1 Å². The number of rotatable bonds is 3. The molecule has 1 saturated heterocycles. The molecule has 0 aromatic rings. The second-order valence-electron chi connectivity index (χ2n) is 4.75. The summed E-state index contributed by atoms with van der Waals surface area (Å²) >= 11 is 0. The molecule has 1 aliphatic carbocycles. The lowest BCUT2D eigenvalue weighted by Gasteiger charge is -2.31. The van der Waals surface area contributed by atoms with Gasteiger partial charge >= 0.3 is 5.97 Å². The lowest BCUT2D eigenvalue weighted by molar-refractivity contribution is -0.142. The van der Waals surface area contributed by atoms with E-state index in [2.05, 4.69) is 10.6 Å². The Morgan fingerprint density at radius 3 is 2.12 bits per heavy atom. The van der Waals surface area contributed by atoms with Gasteiger partial charge < -0.3 is 15.7 Å². The maximum Gasteiger partial charge on any atom is 0.306 e. The number of amides is 1. The summed E-state index contributed by atoms with van der Waals surface area (Å²) in [6.45, 7) is 1.55. The van der Waals surface area contributed by atoms with E-state index in [4.69, 9.17) is 5.11 Å². The summed E-state index contributed by atoms with van der Waals surface area (Å²) in [6, 6.07) is 0.184. The normalized spacial score (nSPS) is 30.5. The summed E-state index contributed by atoms with van der Waals surface area (Å²) in [5, 5.41) is 14.9. The monoisotopic (exact) mass is 226 g/mol. The van der Waals surface area contributed by atoms with Crippen molar-refractivity contribution in [2.24, 2.45) is 11.8 Å². The van der Waals surface area contributed by atoms with Crippen LogP contribution in [0.1, 0.15) is 25.7 Å². The third-order valence-electron chi connectivity index (χ3n) is 3.58. The molecule has 0 bridgehead atoms. The van der Waals surface area contributed by atoms with E-state index < -0.39 is 5.97 Å². The summed E-state index contributed by atoms with van der Waals surface area (Å²) in [4.78, 5) is 22.4. The summed E-state index contributed by atoms with van der Waals surface area (Å²) in [5.74, 6) is -0.666. The minimum Gasteiger partial charge on any atom is -0.481 e. The second-order valence-corrected chi connectivity index (χ2v) is 4.75. The van der Waals surface area contributed by atoms with Crippen molar-refractivity contribution in [3.8, 4) is 0 Å². The van der Waals surface area contributed by atoms with Crippen LogP contribution >= 0.6 is 0 Å². The van der Waals surface area contributed by atoms with Gasteiger partial charge in [0.15, 0.2) is 0 Å². The molecule has 1 amide bonds. The minimum absolute atomic E-state index is 0.122. The van der Waals surface area contributed by atoms with Gasteiger partial charge in [-0.3, -0.25) is 9.59 Å². The molecule has 0 spiro atoms. The quantitative estimate of drug-likeness (QED) is 0.631. The molecular weight excluding hydrogens is 208 g/mol. The third kappa shape index (κ3) is 2.52. The fourth-order valence-corrected chi connectivity index (χ4v) is 2.28. The van der Waals surface area contributed by atoms with E-state index in [9.17, 15) is 9.59 Å². The first-order valence-electron chi connectivity index (χ1n) is 5.90. The predicted molar refractivity (Wildman–Crippen MR) is 57.9 cm³/mol. The number of carbonyl (C=O) groups is 2. The summed E-state index contributed by atoms with van der Waals surface area (Å²) in [7, 11) is 0. The molecule has 0 aromatic carbocycles. The first-order chi connectivity index (χ1) is 7.66. The van der Waals surface area contributed by atoms with Crippen molar-refractivity contribution in [1.82, 2.24) is 10.6 Å². The standard InChI is InChI=1S/C11H18N2O3/c14-10(8-5-12-6-8)13-9-3-1-7(2-4-9)11(15)16/h7-9,12H,1-6H2,(H,13,14)(H,15,16).